The first-order chi connectivity index (χ1) is 9.88. The number of nitro benzene ring substituents is 1. The molecule has 0 aromatic heterocycles. The highest BCUT2D eigenvalue weighted by molar-refractivity contribution is 9.10. The molecular weight excluding hydrogens is 343 g/mol. The zero-order valence-corrected chi connectivity index (χ0v) is 12.5. The number of nitrogens with one attached hydrogen (secondary N) is 1. The van der Waals surface area contributed by atoms with Gasteiger partial charge in [0, 0.05) is 22.2 Å². The van der Waals surface area contributed by atoms with Crippen LogP contribution in [0.1, 0.15) is 15.9 Å². The standard InChI is InChI=1S/C14H10BrFN2O3/c1-8-6-9(16)2-4-11(8)14(19)17-13-7-10(18(20)21)3-5-12(13)15/h2-7H,1H3,(H,17,19). The molecule has 0 saturated heterocycles. The number of nitro groups is 1. The Hall–Kier alpha value is -2.28. The molecule has 2 rings (SSSR count). The summed E-state index contributed by atoms with van der Waals surface area (Å²) < 4.78 is 13.5. The molecule has 0 unspecified atom stereocenters. The van der Waals surface area contributed by atoms with Crippen molar-refractivity contribution in [3.05, 3.63) is 67.9 Å². The van der Waals surface area contributed by atoms with Gasteiger partial charge in [-0.05, 0) is 52.7 Å². The van der Waals surface area contributed by atoms with Crippen LogP contribution in [0, 0.1) is 22.9 Å². The van der Waals surface area contributed by atoms with Gasteiger partial charge in [-0.1, -0.05) is 0 Å². The van der Waals surface area contributed by atoms with E-state index in [1.54, 1.807) is 6.92 Å². The van der Waals surface area contributed by atoms with E-state index in [4.69, 9.17) is 0 Å². The fourth-order valence-corrected chi connectivity index (χ4v) is 2.14. The average Bonchev–Trinajstić information content (AvgIpc) is 2.40. The first-order valence-electron chi connectivity index (χ1n) is 5.90. The lowest BCUT2D eigenvalue weighted by Gasteiger charge is -2.09. The maximum absolute atomic E-state index is 13.0. The monoisotopic (exact) mass is 352 g/mol. The Kier molecular flexibility index (Phi) is 4.32. The van der Waals surface area contributed by atoms with Crippen molar-refractivity contribution >= 4 is 33.2 Å². The number of benzene rings is 2. The third-order valence-corrected chi connectivity index (χ3v) is 3.53. The molecular formula is C14H10BrFN2O3. The van der Waals surface area contributed by atoms with Crippen LogP contribution in [-0.4, -0.2) is 10.8 Å². The van der Waals surface area contributed by atoms with Crippen LogP contribution < -0.4 is 5.32 Å². The van der Waals surface area contributed by atoms with Crippen LogP contribution in [0.4, 0.5) is 15.8 Å². The van der Waals surface area contributed by atoms with Gasteiger partial charge in [0.15, 0.2) is 0 Å². The highest BCUT2D eigenvalue weighted by atomic mass is 79.9. The number of hydrogen-bond donors (Lipinski definition) is 1. The van der Waals surface area contributed by atoms with E-state index in [1.807, 2.05) is 0 Å². The number of non-ortho nitro benzene ring substituents is 1. The quantitative estimate of drug-likeness (QED) is 0.668. The van der Waals surface area contributed by atoms with Gasteiger partial charge in [0.2, 0.25) is 0 Å². The number of rotatable bonds is 3. The normalized spacial score (nSPS) is 10.2. The smallest absolute Gasteiger partial charge is 0.271 e. The molecule has 1 N–H and O–H groups in total. The van der Waals surface area contributed by atoms with Crippen molar-refractivity contribution in [2.45, 2.75) is 6.92 Å². The second kappa shape index (κ2) is 6.01. The number of anilines is 1. The zero-order valence-electron chi connectivity index (χ0n) is 10.9. The Morgan fingerprint density at radius 3 is 2.62 bits per heavy atom. The summed E-state index contributed by atoms with van der Waals surface area (Å²) in [5, 5.41) is 13.3. The number of carbonyl (C=O) groups excluding carboxylic acids is 1. The highest BCUT2D eigenvalue weighted by Gasteiger charge is 2.14. The number of amides is 1. The van der Waals surface area contributed by atoms with Gasteiger partial charge in [-0.15, -0.1) is 0 Å². The molecule has 21 heavy (non-hydrogen) atoms. The van der Waals surface area contributed by atoms with E-state index in [-0.39, 0.29) is 11.4 Å². The molecule has 0 fully saturated rings. The number of carbonyl (C=O) groups is 1. The van der Waals surface area contributed by atoms with Crippen LogP contribution >= 0.6 is 15.9 Å². The number of halogens is 2. The molecule has 0 spiro atoms. The lowest BCUT2D eigenvalue weighted by Crippen LogP contribution is -2.14. The van der Waals surface area contributed by atoms with Gasteiger partial charge in [0.1, 0.15) is 5.82 Å². The molecule has 0 saturated carbocycles. The summed E-state index contributed by atoms with van der Waals surface area (Å²) in [4.78, 5) is 22.4. The minimum absolute atomic E-state index is 0.135. The van der Waals surface area contributed by atoms with E-state index in [2.05, 4.69) is 21.2 Å². The van der Waals surface area contributed by atoms with Crippen molar-refractivity contribution in [1.29, 1.82) is 0 Å². The third kappa shape index (κ3) is 3.43. The van der Waals surface area contributed by atoms with Crippen molar-refractivity contribution in [1.82, 2.24) is 0 Å². The Morgan fingerprint density at radius 2 is 2.00 bits per heavy atom. The molecule has 2 aromatic rings. The first-order valence-corrected chi connectivity index (χ1v) is 6.69. The zero-order chi connectivity index (χ0) is 15.6. The van der Waals surface area contributed by atoms with E-state index < -0.39 is 16.6 Å². The summed E-state index contributed by atoms with van der Waals surface area (Å²) >= 11 is 3.21. The van der Waals surface area contributed by atoms with Gasteiger partial charge in [0.05, 0.1) is 10.6 Å². The van der Waals surface area contributed by atoms with Gasteiger partial charge in [-0.25, -0.2) is 4.39 Å². The van der Waals surface area contributed by atoms with Crippen molar-refractivity contribution in [2.24, 2.45) is 0 Å². The lowest BCUT2D eigenvalue weighted by molar-refractivity contribution is -0.384. The molecule has 0 heterocycles. The summed E-state index contributed by atoms with van der Waals surface area (Å²) in [5.74, 6) is -0.894. The summed E-state index contributed by atoms with van der Waals surface area (Å²) in [7, 11) is 0. The minimum atomic E-state index is -0.550. The van der Waals surface area contributed by atoms with Gasteiger partial charge in [-0.3, -0.25) is 14.9 Å². The lowest BCUT2D eigenvalue weighted by atomic mass is 10.1. The number of hydrogen-bond acceptors (Lipinski definition) is 3. The number of aryl methyl sites for hydroxylation is 1. The fraction of sp³-hybridized carbons (Fsp3) is 0.0714. The van der Waals surface area contributed by atoms with E-state index >= 15 is 0 Å². The molecule has 0 radical (unpaired) electrons. The van der Waals surface area contributed by atoms with Crippen molar-refractivity contribution in [3.8, 4) is 0 Å². The topological polar surface area (TPSA) is 72.2 Å². The summed E-state index contributed by atoms with van der Waals surface area (Å²) in [5.41, 5.74) is 0.922. The van der Waals surface area contributed by atoms with Crippen molar-refractivity contribution in [2.75, 3.05) is 5.32 Å². The maximum Gasteiger partial charge on any atom is 0.271 e. The fourth-order valence-electron chi connectivity index (χ4n) is 1.79. The van der Waals surface area contributed by atoms with Crippen LogP contribution in [0.2, 0.25) is 0 Å². The van der Waals surface area contributed by atoms with Crippen molar-refractivity contribution < 1.29 is 14.1 Å². The Labute approximate surface area is 128 Å². The molecule has 108 valence electrons. The van der Waals surface area contributed by atoms with E-state index in [0.717, 1.165) is 0 Å². The van der Waals surface area contributed by atoms with Gasteiger partial charge >= 0.3 is 0 Å². The highest BCUT2D eigenvalue weighted by Crippen LogP contribution is 2.27. The Morgan fingerprint density at radius 1 is 1.29 bits per heavy atom. The molecule has 0 aliphatic heterocycles. The maximum atomic E-state index is 13.0. The summed E-state index contributed by atoms with van der Waals surface area (Å²) in [6, 6.07) is 7.85. The molecule has 7 heteroatoms. The minimum Gasteiger partial charge on any atom is -0.321 e. The van der Waals surface area contributed by atoms with Crippen LogP contribution in [0.25, 0.3) is 0 Å². The van der Waals surface area contributed by atoms with Gasteiger partial charge in [0.25, 0.3) is 11.6 Å². The predicted octanol–water partition coefficient (Wildman–Crippen LogP) is 4.06. The van der Waals surface area contributed by atoms with E-state index in [1.165, 1.54) is 36.4 Å². The van der Waals surface area contributed by atoms with Crippen LogP contribution in [0.15, 0.2) is 40.9 Å². The first kappa shape index (κ1) is 15.1. The van der Waals surface area contributed by atoms with E-state index in [0.29, 0.717) is 15.6 Å². The Balaban J connectivity index is 2.31. The SMILES string of the molecule is Cc1cc(F)ccc1C(=O)Nc1cc([N+](=O)[O-])ccc1Br. The van der Waals surface area contributed by atoms with Crippen LogP contribution in [0.5, 0.6) is 0 Å². The Bertz CT molecular complexity index is 734. The summed E-state index contributed by atoms with van der Waals surface area (Å²) in [6.07, 6.45) is 0. The predicted molar refractivity (Wildman–Crippen MR) is 79.9 cm³/mol. The summed E-state index contributed by atoms with van der Waals surface area (Å²) in [6.45, 7) is 1.61. The van der Waals surface area contributed by atoms with Gasteiger partial charge in [-0.2, -0.15) is 0 Å². The molecule has 0 aliphatic rings. The molecule has 0 atom stereocenters. The molecule has 0 aliphatic carbocycles. The second-order valence-electron chi connectivity index (χ2n) is 4.33. The average molecular weight is 353 g/mol. The third-order valence-electron chi connectivity index (χ3n) is 2.84. The van der Waals surface area contributed by atoms with Crippen molar-refractivity contribution in [3.63, 3.8) is 0 Å². The van der Waals surface area contributed by atoms with Crippen LogP contribution in [0.3, 0.4) is 0 Å². The molecule has 5 nitrogen and oxygen atoms in total. The van der Waals surface area contributed by atoms with E-state index in [9.17, 15) is 19.3 Å². The molecule has 0 bridgehead atoms. The van der Waals surface area contributed by atoms with Crippen LogP contribution in [-0.2, 0) is 0 Å². The van der Waals surface area contributed by atoms with Gasteiger partial charge < -0.3 is 5.32 Å². The molecule has 2 aromatic carbocycles. The largest absolute Gasteiger partial charge is 0.321 e. The number of nitrogens with zero attached hydrogens (tertiary/aromatic N) is 1. The molecule has 1 amide bonds. The second-order valence-corrected chi connectivity index (χ2v) is 5.19.